The van der Waals surface area contributed by atoms with Crippen molar-refractivity contribution >= 4 is 17.7 Å². The van der Waals surface area contributed by atoms with E-state index in [2.05, 4.69) is 6.92 Å². The molecule has 2 heterocycles. The van der Waals surface area contributed by atoms with Gasteiger partial charge in [-0.25, -0.2) is 0 Å². The predicted octanol–water partition coefficient (Wildman–Crippen LogP) is 3.37. The second-order valence-electron chi connectivity index (χ2n) is 8.95. The fraction of sp³-hybridized carbons (Fsp3) is 0.444. The Kier molecular flexibility index (Phi) is 7.50. The van der Waals surface area contributed by atoms with Crippen LogP contribution in [-0.2, 0) is 9.59 Å². The van der Waals surface area contributed by atoms with E-state index in [1.54, 1.807) is 12.0 Å². The van der Waals surface area contributed by atoms with Crippen molar-refractivity contribution in [2.75, 3.05) is 39.8 Å². The first-order valence-corrected chi connectivity index (χ1v) is 12.1. The molecule has 2 atom stereocenters. The molecule has 0 unspecified atom stereocenters. The summed E-state index contributed by atoms with van der Waals surface area (Å²) in [6.07, 6.45) is 2.11. The van der Waals surface area contributed by atoms with Crippen LogP contribution in [0.15, 0.2) is 54.6 Å². The molecule has 4 rings (SSSR count). The van der Waals surface area contributed by atoms with Crippen molar-refractivity contribution in [3.8, 4) is 5.75 Å². The van der Waals surface area contributed by atoms with Crippen LogP contribution >= 0.6 is 0 Å². The molecule has 2 fully saturated rings. The van der Waals surface area contributed by atoms with Crippen molar-refractivity contribution in [3.63, 3.8) is 0 Å². The lowest BCUT2D eigenvalue weighted by Gasteiger charge is -2.37. The third-order valence-corrected chi connectivity index (χ3v) is 6.86. The van der Waals surface area contributed by atoms with Crippen molar-refractivity contribution in [1.29, 1.82) is 0 Å². The summed E-state index contributed by atoms with van der Waals surface area (Å²) in [4.78, 5) is 44.9. The smallest absolute Gasteiger partial charge is 0.253 e. The number of benzene rings is 2. The topological polar surface area (TPSA) is 70.2 Å². The number of piperazine rings is 1. The molecule has 2 aromatic carbocycles. The number of methoxy groups -OCH3 is 1. The molecule has 7 heteroatoms. The molecule has 0 radical (unpaired) electrons. The maximum atomic E-state index is 13.6. The highest BCUT2D eigenvalue weighted by Crippen LogP contribution is 2.40. The quantitative estimate of drug-likeness (QED) is 0.631. The molecule has 0 spiro atoms. The molecule has 180 valence electrons. The highest BCUT2D eigenvalue weighted by atomic mass is 16.5. The van der Waals surface area contributed by atoms with Gasteiger partial charge in [-0.2, -0.15) is 0 Å². The molecule has 0 saturated carbocycles. The van der Waals surface area contributed by atoms with Gasteiger partial charge in [-0.05, 0) is 36.2 Å². The van der Waals surface area contributed by atoms with Gasteiger partial charge in [0.2, 0.25) is 11.8 Å². The molecule has 34 heavy (non-hydrogen) atoms. The lowest BCUT2D eigenvalue weighted by atomic mass is 9.91. The number of rotatable bonds is 7. The predicted molar refractivity (Wildman–Crippen MR) is 129 cm³/mol. The highest BCUT2D eigenvalue weighted by Gasteiger charge is 2.46. The summed E-state index contributed by atoms with van der Waals surface area (Å²) in [5.41, 5.74) is 1.62. The fourth-order valence-corrected chi connectivity index (χ4v) is 4.95. The Balaban J connectivity index is 1.48. The van der Waals surface area contributed by atoms with Crippen molar-refractivity contribution in [1.82, 2.24) is 14.7 Å². The maximum absolute atomic E-state index is 13.6. The largest absolute Gasteiger partial charge is 0.497 e. The van der Waals surface area contributed by atoms with Gasteiger partial charge in [0.1, 0.15) is 5.75 Å². The van der Waals surface area contributed by atoms with Gasteiger partial charge in [0, 0.05) is 44.7 Å². The van der Waals surface area contributed by atoms with Gasteiger partial charge >= 0.3 is 0 Å². The Labute approximate surface area is 201 Å². The van der Waals surface area contributed by atoms with E-state index in [1.165, 1.54) is 0 Å². The van der Waals surface area contributed by atoms with E-state index in [0.29, 0.717) is 38.3 Å². The Morgan fingerprint density at radius 2 is 1.59 bits per heavy atom. The van der Waals surface area contributed by atoms with Crippen molar-refractivity contribution in [3.05, 3.63) is 65.7 Å². The van der Waals surface area contributed by atoms with Gasteiger partial charge < -0.3 is 19.4 Å². The number of unbranched alkanes of at least 4 members (excludes halogenated alkanes) is 1. The van der Waals surface area contributed by atoms with E-state index in [1.807, 2.05) is 64.4 Å². The van der Waals surface area contributed by atoms with E-state index in [9.17, 15) is 14.4 Å². The molecular weight excluding hydrogens is 430 g/mol. The van der Waals surface area contributed by atoms with Crippen LogP contribution in [0.25, 0.3) is 0 Å². The molecule has 2 saturated heterocycles. The van der Waals surface area contributed by atoms with Crippen LogP contribution in [0, 0.1) is 5.92 Å². The average molecular weight is 464 g/mol. The molecule has 2 aliphatic rings. The van der Waals surface area contributed by atoms with E-state index in [4.69, 9.17) is 4.74 Å². The molecule has 0 aliphatic carbocycles. The van der Waals surface area contributed by atoms with Crippen molar-refractivity contribution in [2.45, 2.75) is 32.2 Å². The number of hydrogen-bond donors (Lipinski definition) is 0. The Bertz CT molecular complexity index is 1000. The van der Waals surface area contributed by atoms with Crippen LogP contribution in [0.4, 0.5) is 0 Å². The monoisotopic (exact) mass is 463 g/mol. The number of amides is 3. The zero-order valence-electron chi connectivity index (χ0n) is 20.0. The first kappa shape index (κ1) is 23.8. The van der Waals surface area contributed by atoms with Crippen LogP contribution < -0.4 is 4.74 Å². The molecule has 0 bridgehead atoms. The normalized spacial score (nSPS) is 20.5. The van der Waals surface area contributed by atoms with Gasteiger partial charge in [0.25, 0.3) is 5.91 Å². The van der Waals surface area contributed by atoms with E-state index >= 15 is 0 Å². The number of carbonyl (C=O) groups is 3. The van der Waals surface area contributed by atoms with E-state index in [0.717, 1.165) is 24.2 Å². The number of nitrogens with zero attached hydrogens (tertiary/aromatic N) is 3. The van der Waals surface area contributed by atoms with E-state index in [-0.39, 0.29) is 30.2 Å². The summed E-state index contributed by atoms with van der Waals surface area (Å²) in [6.45, 7) is 4.69. The Hall–Kier alpha value is -3.35. The average Bonchev–Trinajstić information content (AvgIpc) is 3.23. The second-order valence-corrected chi connectivity index (χ2v) is 8.95. The first-order valence-electron chi connectivity index (χ1n) is 12.1. The lowest BCUT2D eigenvalue weighted by molar-refractivity contribution is -0.138. The summed E-state index contributed by atoms with van der Waals surface area (Å²) in [7, 11) is 1.62. The van der Waals surface area contributed by atoms with Gasteiger partial charge in [-0.3, -0.25) is 14.4 Å². The lowest BCUT2D eigenvalue weighted by Crippen LogP contribution is -2.52. The Morgan fingerprint density at radius 3 is 2.21 bits per heavy atom. The maximum Gasteiger partial charge on any atom is 0.253 e. The number of hydrogen-bond acceptors (Lipinski definition) is 4. The van der Waals surface area contributed by atoms with Crippen LogP contribution in [-0.4, -0.2) is 72.3 Å². The van der Waals surface area contributed by atoms with Gasteiger partial charge in [0.15, 0.2) is 0 Å². The minimum absolute atomic E-state index is 0.0000217. The van der Waals surface area contributed by atoms with E-state index < -0.39 is 5.92 Å². The van der Waals surface area contributed by atoms with Crippen LogP contribution in [0.5, 0.6) is 5.75 Å². The molecular formula is C27H33N3O4. The molecule has 7 nitrogen and oxygen atoms in total. The highest BCUT2D eigenvalue weighted by molar-refractivity contribution is 5.94. The van der Waals surface area contributed by atoms with Crippen molar-refractivity contribution in [2.24, 2.45) is 5.92 Å². The van der Waals surface area contributed by atoms with Gasteiger partial charge in [-0.15, -0.1) is 0 Å². The fourth-order valence-electron chi connectivity index (χ4n) is 4.95. The number of ether oxygens (including phenoxy) is 1. The zero-order chi connectivity index (χ0) is 24.1. The Morgan fingerprint density at radius 1 is 0.941 bits per heavy atom. The number of likely N-dealkylation sites (tertiary alicyclic amines) is 1. The second kappa shape index (κ2) is 10.7. The summed E-state index contributed by atoms with van der Waals surface area (Å²) in [5, 5.41) is 0. The summed E-state index contributed by atoms with van der Waals surface area (Å²) in [5.74, 6) is 0.348. The van der Waals surface area contributed by atoms with Crippen LogP contribution in [0.2, 0.25) is 0 Å². The first-order chi connectivity index (χ1) is 16.5. The molecule has 2 aliphatic heterocycles. The van der Waals surface area contributed by atoms with Crippen LogP contribution in [0.3, 0.4) is 0 Å². The van der Waals surface area contributed by atoms with Crippen molar-refractivity contribution < 1.29 is 19.1 Å². The molecule has 0 aromatic heterocycles. The van der Waals surface area contributed by atoms with Gasteiger partial charge in [0.05, 0.1) is 19.1 Å². The molecule has 2 aromatic rings. The zero-order valence-corrected chi connectivity index (χ0v) is 20.0. The summed E-state index contributed by atoms with van der Waals surface area (Å²) < 4.78 is 5.29. The minimum atomic E-state index is -0.422. The van der Waals surface area contributed by atoms with Gasteiger partial charge in [-0.1, -0.05) is 43.7 Å². The summed E-state index contributed by atoms with van der Waals surface area (Å²) >= 11 is 0. The minimum Gasteiger partial charge on any atom is -0.497 e. The number of carbonyl (C=O) groups excluding carboxylic acids is 3. The molecule has 0 N–H and O–H groups in total. The third kappa shape index (κ3) is 4.93. The third-order valence-electron chi connectivity index (χ3n) is 6.86. The summed E-state index contributed by atoms with van der Waals surface area (Å²) in [6, 6.07) is 16.6. The van der Waals surface area contributed by atoms with Crippen LogP contribution in [0.1, 0.15) is 48.1 Å². The standard InChI is InChI=1S/C27H33N3O4/c1-3-4-14-30-24(31)19-23(25(30)20-10-12-22(34-2)13-11-20)27(33)29-17-15-28(16-18-29)26(32)21-8-6-5-7-9-21/h5-13,23,25H,3-4,14-19H2,1-2H3/t23-,25-/m1/s1. The molecule has 3 amide bonds. The SMILES string of the molecule is CCCCN1C(=O)C[C@@H](C(=O)N2CCN(C(=O)c3ccccc3)CC2)[C@H]1c1ccc(OC)cc1.